The van der Waals surface area contributed by atoms with Crippen LogP contribution in [0.1, 0.15) is 30.6 Å². The van der Waals surface area contributed by atoms with Gasteiger partial charge in [-0.2, -0.15) is 4.37 Å². The number of carbonyl (C=O) groups is 1. The van der Waals surface area contributed by atoms with E-state index < -0.39 is 5.91 Å². The average Bonchev–Trinajstić information content (AvgIpc) is 2.57. The molecule has 1 rings (SSSR count). The lowest BCUT2D eigenvalue weighted by Crippen LogP contribution is -2.33. The maximum absolute atomic E-state index is 11.4. The normalized spacial score (nSPS) is 12.9. The second-order valence-electron chi connectivity index (χ2n) is 5.37. The number of primary amides is 1. The highest BCUT2D eigenvalue weighted by Crippen LogP contribution is 2.27. The summed E-state index contributed by atoms with van der Waals surface area (Å²) in [6.07, 6.45) is 0.994. The smallest absolute Gasteiger partial charge is 0.255 e. The van der Waals surface area contributed by atoms with Crippen molar-refractivity contribution in [1.82, 2.24) is 9.27 Å². The van der Waals surface area contributed by atoms with Crippen LogP contribution in [-0.4, -0.2) is 41.9 Å². The molecule has 0 bridgehead atoms. The van der Waals surface area contributed by atoms with Gasteiger partial charge in [-0.1, -0.05) is 13.8 Å². The molecule has 0 saturated carbocycles. The Hall–Kier alpha value is -1.34. The second kappa shape index (κ2) is 6.72. The Morgan fingerprint density at radius 1 is 1.47 bits per heavy atom. The average molecular weight is 285 g/mol. The van der Waals surface area contributed by atoms with Gasteiger partial charge in [0.05, 0.1) is 0 Å². The van der Waals surface area contributed by atoms with Gasteiger partial charge in [-0.3, -0.25) is 4.79 Å². The summed E-state index contributed by atoms with van der Waals surface area (Å²) in [5, 5.41) is 4.01. The van der Waals surface area contributed by atoms with E-state index in [1.54, 1.807) is 0 Å². The first kappa shape index (κ1) is 15.7. The molecule has 0 spiro atoms. The number of aromatic nitrogens is 1. The molecule has 0 aliphatic heterocycles. The molecule has 1 atom stereocenters. The van der Waals surface area contributed by atoms with Crippen molar-refractivity contribution in [2.75, 3.05) is 31.7 Å². The second-order valence-corrected chi connectivity index (χ2v) is 6.14. The summed E-state index contributed by atoms with van der Waals surface area (Å²) in [5.41, 5.74) is 11.3. The molecule has 0 saturated heterocycles. The van der Waals surface area contributed by atoms with Gasteiger partial charge in [-0.05, 0) is 38.0 Å². The zero-order valence-electron chi connectivity index (χ0n) is 11.9. The Labute approximate surface area is 118 Å². The van der Waals surface area contributed by atoms with Crippen LogP contribution in [0.15, 0.2) is 0 Å². The van der Waals surface area contributed by atoms with E-state index in [1.807, 2.05) is 14.1 Å². The van der Waals surface area contributed by atoms with E-state index >= 15 is 0 Å². The molecule has 1 amide bonds. The number of rotatable bonds is 7. The molecule has 108 valence electrons. The molecule has 6 nitrogen and oxygen atoms in total. The third kappa shape index (κ3) is 4.68. The van der Waals surface area contributed by atoms with E-state index in [1.165, 1.54) is 11.5 Å². The molecule has 0 radical (unpaired) electrons. The fourth-order valence-corrected chi connectivity index (χ4v) is 2.81. The van der Waals surface area contributed by atoms with E-state index in [2.05, 4.69) is 28.4 Å². The summed E-state index contributed by atoms with van der Waals surface area (Å²) in [7, 11) is 4.04. The van der Waals surface area contributed by atoms with E-state index in [9.17, 15) is 4.79 Å². The summed E-state index contributed by atoms with van der Waals surface area (Å²) in [4.78, 5) is 13.5. The Bertz CT molecular complexity index is 420. The van der Waals surface area contributed by atoms with Crippen LogP contribution in [0.5, 0.6) is 0 Å². The lowest BCUT2D eigenvalue weighted by molar-refractivity contribution is 0.100. The van der Waals surface area contributed by atoms with Crippen LogP contribution >= 0.6 is 11.5 Å². The zero-order chi connectivity index (χ0) is 14.6. The number of carbonyl (C=O) groups excluding carboxylic acids is 1. The molecule has 1 aromatic rings. The van der Waals surface area contributed by atoms with E-state index in [-0.39, 0.29) is 11.9 Å². The van der Waals surface area contributed by atoms with E-state index in [0.29, 0.717) is 16.5 Å². The Morgan fingerprint density at radius 3 is 2.58 bits per heavy atom. The van der Waals surface area contributed by atoms with Gasteiger partial charge in [0.1, 0.15) is 10.6 Å². The minimum atomic E-state index is -0.540. The molecular formula is C12H23N5OS. The van der Waals surface area contributed by atoms with E-state index in [4.69, 9.17) is 11.5 Å². The monoisotopic (exact) mass is 285 g/mol. The molecule has 1 aromatic heterocycles. The molecule has 0 aliphatic carbocycles. The van der Waals surface area contributed by atoms with Crippen LogP contribution in [-0.2, 0) is 0 Å². The number of nitrogens with one attached hydrogen (secondary N) is 1. The largest absolute Gasteiger partial charge is 0.382 e. The van der Waals surface area contributed by atoms with Gasteiger partial charge in [0.15, 0.2) is 5.82 Å². The molecule has 1 heterocycles. The van der Waals surface area contributed by atoms with Crippen molar-refractivity contribution < 1.29 is 4.79 Å². The quantitative estimate of drug-likeness (QED) is 0.699. The number of anilines is 2. The van der Waals surface area contributed by atoms with Crippen LogP contribution in [0.2, 0.25) is 0 Å². The number of hydrogen-bond donors (Lipinski definition) is 3. The van der Waals surface area contributed by atoms with Crippen molar-refractivity contribution in [3.63, 3.8) is 0 Å². The number of hydrogen-bond acceptors (Lipinski definition) is 6. The molecule has 0 aromatic carbocycles. The lowest BCUT2D eigenvalue weighted by atomic mass is 10.0. The number of likely N-dealkylation sites (N-methyl/N-ethyl adjacent to an activating group) is 1. The number of nitrogens with two attached hydrogens (primary N) is 2. The number of nitrogens with zero attached hydrogens (tertiary/aromatic N) is 2. The van der Waals surface area contributed by atoms with Gasteiger partial charge >= 0.3 is 0 Å². The van der Waals surface area contributed by atoms with Gasteiger partial charge in [-0.25, -0.2) is 0 Å². The Morgan fingerprint density at radius 2 is 2.11 bits per heavy atom. The van der Waals surface area contributed by atoms with Crippen molar-refractivity contribution >= 4 is 28.3 Å². The SMILES string of the molecule is CC(C)CC(CN(C)C)Nc1snc(N)c1C(N)=O. The van der Waals surface area contributed by atoms with Crippen LogP contribution in [0.4, 0.5) is 10.8 Å². The summed E-state index contributed by atoms with van der Waals surface area (Å²) in [5.74, 6) is 0.217. The standard InChI is InChI=1S/C12H23N5OS/c1-7(2)5-8(6-17(3)4)15-12-9(11(14)18)10(13)16-19-12/h7-8,15H,5-6H2,1-4H3,(H2,13,16)(H2,14,18). The third-order valence-corrected chi connectivity index (χ3v) is 3.43. The van der Waals surface area contributed by atoms with Crippen LogP contribution in [0.25, 0.3) is 0 Å². The molecule has 5 N–H and O–H groups in total. The lowest BCUT2D eigenvalue weighted by Gasteiger charge is -2.24. The van der Waals surface area contributed by atoms with Crippen LogP contribution in [0, 0.1) is 5.92 Å². The number of amides is 1. The minimum absolute atomic E-state index is 0.202. The third-order valence-electron chi connectivity index (χ3n) is 2.64. The maximum atomic E-state index is 11.4. The highest BCUT2D eigenvalue weighted by Gasteiger charge is 2.20. The predicted octanol–water partition coefficient (Wildman–Crippen LogP) is 1.21. The molecule has 19 heavy (non-hydrogen) atoms. The van der Waals surface area contributed by atoms with Crippen molar-refractivity contribution in [2.24, 2.45) is 11.7 Å². The summed E-state index contributed by atoms with van der Waals surface area (Å²) >= 11 is 1.18. The molecular weight excluding hydrogens is 262 g/mol. The van der Waals surface area contributed by atoms with Crippen LogP contribution in [0.3, 0.4) is 0 Å². The van der Waals surface area contributed by atoms with Gasteiger partial charge in [-0.15, -0.1) is 0 Å². The van der Waals surface area contributed by atoms with Crippen LogP contribution < -0.4 is 16.8 Å². The summed E-state index contributed by atoms with van der Waals surface area (Å²) in [6.45, 7) is 5.20. The highest BCUT2D eigenvalue weighted by atomic mass is 32.1. The fourth-order valence-electron chi connectivity index (χ4n) is 2.01. The maximum Gasteiger partial charge on any atom is 0.255 e. The summed E-state index contributed by atoms with van der Waals surface area (Å²) in [6, 6.07) is 0.230. The summed E-state index contributed by atoms with van der Waals surface area (Å²) < 4.78 is 3.99. The first-order chi connectivity index (χ1) is 8.81. The van der Waals surface area contributed by atoms with Crippen molar-refractivity contribution in [2.45, 2.75) is 26.3 Å². The van der Waals surface area contributed by atoms with Gasteiger partial charge in [0, 0.05) is 12.6 Å². The fraction of sp³-hybridized carbons (Fsp3) is 0.667. The first-order valence-corrected chi connectivity index (χ1v) is 7.04. The van der Waals surface area contributed by atoms with Gasteiger partial charge in [0.2, 0.25) is 0 Å². The number of nitrogen functional groups attached to an aromatic ring is 1. The minimum Gasteiger partial charge on any atom is -0.382 e. The molecule has 7 heteroatoms. The van der Waals surface area contributed by atoms with Crippen molar-refractivity contribution in [1.29, 1.82) is 0 Å². The van der Waals surface area contributed by atoms with Gasteiger partial charge < -0.3 is 21.7 Å². The molecule has 0 fully saturated rings. The van der Waals surface area contributed by atoms with E-state index in [0.717, 1.165) is 13.0 Å². The zero-order valence-corrected chi connectivity index (χ0v) is 12.8. The van der Waals surface area contributed by atoms with Gasteiger partial charge in [0.25, 0.3) is 5.91 Å². The van der Waals surface area contributed by atoms with Crippen molar-refractivity contribution in [3.8, 4) is 0 Å². The Balaban J connectivity index is 2.86. The topological polar surface area (TPSA) is 97.3 Å². The predicted molar refractivity (Wildman–Crippen MR) is 80.5 cm³/mol. The molecule has 0 aliphatic rings. The molecule has 1 unspecified atom stereocenters. The highest BCUT2D eigenvalue weighted by molar-refractivity contribution is 7.11. The Kier molecular flexibility index (Phi) is 5.56. The van der Waals surface area contributed by atoms with Crippen molar-refractivity contribution in [3.05, 3.63) is 5.56 Å². The first-order valence-electron chi connectivity index (χ1n) is 6.27.